The van der Waals surface area contributed by atoms with Gasteiger partial charge in [-0.2, -0.15) is 0 Å². The number of sulfonamides is 1. The summed E-state index contributed by atoms with van der Waals surface area (Å²) >= 11 is 0. The maximum absolute atomic E-state index is 12.7. The molecule has 1 aromatic rings. The Labute approximate surface area is 178 Å². The Hall–Kier alpha value is -1.97. The number of nitrogens with zero attached hydrogens (tertiary/aromatic N) is 1. The zero-order valence-electron chi connectivity index (χ0n) is 17.6. The first-order valence-corrected chi connectivity index (χ1v) is 12.1. The van der Waals surface area contributed by atoms with Gasteiger partial charge >= 0.3 is 0 Å². The number of hydrogen-bond acceptors (Lipinski definition) is 5. The van der Waals surface area contributed by atoms with Crippen molar-refractivity contribution < 1.29 is 22.7 Å². The van der Waals surface area contributed by atoms with Crippen LogP contribution in [0.15, 0.2) is 29.2 Å². The molecule has 166 valence electrons. The van der Waals surface area contributed by atoms with Crippen LogP contribution in [-0.4, -0.2) is 63.5 Å². The fourth-order valence-corrected chi connectivity index (χ4v) is 4.89. The maximum atomic E-state index is 12.7. The lowest BCUT2D eigenvalue weighted by Crippen LogP contribution is -2.47. The first kappa shape index (κ1) is 22.7. The Morgan fingerprint density at radius 2 is 1.93 bits per heavy atom. The average Bonchev–Trinajstić information content (AvgIpc) is 3.26. The molecule has 0 aliphatic carbocycles. The Bertz CT molecular complexity index is 857. The summed E-state index contributed by atoms with van der Waals surface area (Å²) in [6, 6.07) is 6.01. The predicted molar refractivity (Wildman–Crippen MR) is 113 cm³/mol. The molecule has 30 heavy (non-hydrogen) atoms. The molecule has 1 aromatic carbocycles. The monoisotopic (exact) mass is 437 g/mol. The molecule has 8 nitrogen and oxygen atoms in total. The molecule has 0 saturated carbocycles. The number of hydrogen-bond donors (Lipinski definition) is 2. The van der Waals surface area contributed by atoms with E-state index in [-0.39, 0.29) is 41.3 Å². The van der Waals surface area contributed by atoms with Crippen LogP contribution < -0.4 is 10.0 Å². The molecule has 0 bridgehead atoms. The zero-order valence-corrected chi connectivity index (χ0v) is 18.4. The molecule has 2 fully saturated rings. The number of rotatable bonds is 7. The first-order valence-electron chi connectivity index (χ1n) is 10.6. The van der Waals surface area contributed by atoms with Crippen LogP contribution in [0.5, 0.6) is 0 Å². The van der Waals surface area contributed by atoms with Gasteiger partial charge in [0, 0.05) is 43.8 Å². The van der Waals surface area contributed by atoms with Gasteiger partial charge in [0.25, 0.3) is 5.91 Å². The summed E-state index contributed by atoms with van der Waals surface area (Å²) in [5, 5.41) is 2.97. The fourth-order valence-electron chi connectivity index (χ4n) is 3.77. The third-order valence-electron chi connectivity index (χ3n) is 5.57. The van der Waals surface area contributed by atoms with Crippen molar-refractivity contribution in [1.82, 2.24) is 14.9 Å². The smallest absolute Gasteiger partial charge is 0.251 e. The number of ether oxygens (including phenoxy) is 1. The standard InChI is InChI=1S/C21H31N3O5S/c1-15(2)21(26)24-10-8-17(9-11-24)23-20(25)16-5-3-7-19(13-16)30(27,28)22-14-18-6-4-12-29-18/h3,5,7,13,15,17-18,22H,4,6,8-12,14H2,1-2H3,(H,23,25). The van der Waals surface area contributed by atoms with Crippen molar-refractivity contribution in [3.63, 3.8) is 0 Å². The molecule has 0 aromatic heterocycles. The zero-order chi connectivity index (χ0) is 21.7. The molecule has 1 atom stereocenters. The molecule has 1 unspecified atom stereocenters. The van der Waals surface area contributed by atoms with Crippen LogP contribution in [0, 0.1) is 5.92 Å². The highest BCUT2D eigenvalue weighted by Gasteiger charge is 2.26. The number of likely N-dealkylation sites (tertiary alicyclic amines) is 1. The number of benzene rings is 1. The molecule has 2 aliphatic heterocycles. The lowest BCUT2D eigenvalue weighted by molar-refractivity contribution is -0.135. The molecular formula is C21H31N3O5S. The second kappa shape index (κ2) is 9.89. The summed E-state index contributed by atoms with van der Waals surface area (Å²) in [6.45, 7) is 5.88. The minimum Gasteiger partial charge on any atom is -0.377 e. The van der Waals surface area contributed by atoms with Crippen LogP contribution in [0.4, 0.5) is 0 Å². The number of nitrogens with one attached hydrogen (secondary N) is 2. The van der Waals surface area contributed by atoms with E-state index in [1.54, 1.807) is 12.1 Å². The number of carbonyl (C=O) groups excluding carboxylic acids is 2. The third kappa shape index (κ3) is 5.80. The largest absolute Gasteiger partial charge is 0.377 e. The van der Waals surface area contributed by atoms with Crippen LogP contribution >= 0.6 is 0 Å². The average molecular weight is 438 g/mol. The molecule has 2 aliphatic rings. The van der Waals surface area contributed by atoms with E-state index in [1.807, 2.05) is 18.7 Å². The predicted octanol–water partition coefficient (Wildman–Crippen LogP) is 1.52. The third-order valence-corrected chi connectivity index (χ3v) is 6.99. The lowest BCUT2D eigenvalue weighted by atomic mass is 10.0. The topological polar surface area (TPSA) is 105 Å². The van der Waals surface area contributed by atoms with Gasteiger partial charge in [-0.1, -0.05) is 19.9 Å². The van der Waals surface area contributed by atoms with Gasteiger partial charge in [0.15, 0.2) is 0 Å². The molecule has 9 heteroatoms. The number of carbonyl (C=O) groups is 2. The van der Waals surface area contributed by atoms with Crippen LogP contribution in [0.3, 0.4) is 0 Å². The van der Waals surface area contributed by atoms with E-state index in [9.17, 15) is 18.0 Å². The van der Waals surface area contributed by atoms with E-state index < -0.39 is 10.0 Å². The first-order chi connectivity index (χ1) is 14.3. The maximum Gasteiger partial charge on any atom is 0.251 e. The number of piperidine rings is 1. The van der Waals surface area contributed by atoms with Crippen molar-refractivity contribution in [3.8, 4) is 0 Å². The molecule has 3 rings (SSSR count). The van der Waals surface area contributed by atoms with E-state index in [1.165, 1.54) is 12.1 Å². The molecule has 2 N–H and O–H groups in total. The molecule has 0 spiro atoms. The Kier molecular flexibility index (Phi) is 7.49. The van der Waals surface area contributed by atoms with E-state index >= 15 is 0 Å². The van der Waals surface area contributed by atoms with Gasteiger partial charge < -0.3 is 15.0 Å². The van der Waals surface area contributed by atoms with Crippen LogP contribution in [0.25, 0.3) is 0 Å². The van der Waals surface area contributed by atoms with Crippen molar-refractivity contribution in [3.05, 3.63) is 29.8 Å². The Balaban J connectivity index is 1.56. The van der Waals surface area contributed by atoms with Crippen LogP contribution in [0.2, 0.25) is 0 Å². The normalized spacial score (nSPS) is 20.5. The molecular weight excluding hydrogens is 406 g/mol. The van der Waals surface area contributed by atoms with Gasteiger partial charge in [0.1, 0.15) is 0 Å². The van der Waals surface area contributed by atoms with Crippen molar-refractivity contribution >= 4 is 21.8 Å². The second-order valence-corrected chi connectivity index (χ2v) is 10.0. The van der Waals surface area contributed by atoms with Crippen LogP contribution in [-0.2, 0) is 19.6 Å². The highest BCUT2D eigenvalue weighted by molar-refractivity contribution is 7.89. The summed E-state index contributed by atoms with van der Waals surface area (Å²) in [5.41, 5.74) is 0.302. The second-order valence-electron chi connectivity index (χ2n) is 8.24. The number of amides is 2. The minimum atomic E-state index is -3.72. The molecule has 2 saturated heterocycles. The van der Waals surface area contributed by atoms with Gasteiger partial charge in [-0.3, -0.25) is 9.59 Å². The van der Waals surface area contributed by atoms with Gasteiger partial charge in [-0.05, 0) is 43.9 Å². The molecule has 0 radical (unpaired) electrons. The van der Waals surface area contributed by atoms with Crippen molar-refractivity contribution in [1.29, 1.82) is 0 Å². The molecule has 2 heterocycles. The highest BCUT2D eigenvalue weighted by Crippen LogP contribution is 2.17. The summed E-state index contributed by atoms with van der Waals surface area (Å²) < 4.78 is 33.2. The Morgan fingerprint density at radius 1 is 1.20 bits per heavy atom. The summed E-state index contributed by atoms with van der Waals surface area (Å²) in [5.74, 6) is -0.206. The lowest BCUT2D eigenvalue weighted by Gasteiger charge is -2.33. The van der Waals surface area contributed by atoms with E-state index in [4.69, 9.17) is 4.74 Å². The van der Waals surface area contributed by atoms with Gasteiger partial charge in [-0.15, -0.1) is 0 Å². The van der Waals surface area contributed by atoms with Gasteiger partial charge in [0.2, 0.25) is 15.9 Å². The Morgan fingerprint density at radius 3 is 2.57 bits per heavy atom. The van der Waals surface area contributed by atoms with Gasteiger partial charge in [-0.25, -0.2) is 13.1 Å². The molecule has 2 amide bonds. The van der Waals surface area contributed by atoms with Crippen molar-refractivity contribution in [2.75, 3.05) is 26.2 Å². The highest BCUT2D eigenvalue weighted by atomic mass is 32.2. The summed E-state index contributed by atoms with van der Waals surface area (Å²) in [7, 11) is -3.72. The van der Waals surface area contributed by atoms with Crippen LogP contribution in [0.1, 0.15) is 49.9 Å². The minimum absolute atomic E-state index is 0.0327. The fraction of sp³-hybridized carbons (Fsp3) is 0.619. The summed E-state index contributed by atoms with van der Waals surface area (Å²) in [4.78, 5) is 26.6. The van der Waals surface area contributed by atoms with Crippen molar-refractivity contribution in [2.45, 2.75) is 56.6 Å². The van der Waals surface area contributed by atoms with E-state index in [0.29, 0.717) is 38.1 Å². The van der Waals surface area contributed by atoms with E-state index in [2.05, 4.69) is 10.0 Å². The quantitative estimate of drug-likeness (QED) is 0.673. The SMILES string of the molecule is CC(C)C(=O)N1CCC(NC(=O)c2cccc(S(=O)(=O)NCC3CCCO3)c2)CC1. The van der Waals surface area contributed by atoms with E-state index in [0.717, 1.165) is 12.8 Å². The van der Waals surface area contributed by atoms with Crippen molar-refractivity contribution in [2.24, 2.45) is 5.92 Å². The van der Waals surface area contributed by atoms with Gasteiger partial charge in [0.05, 0.1) is 11.0 Å². The summed E-state index contributed by atoms with van der Waals surface area (Å²) in [6.07, 6.45) is 3.05.